The second kappa shape index (κ2) is 3.43. The zero-order chi connectivity index (χ0) is 11.0. The number of hydrogen-bond donors (Lipinski definition) is 1. The molecule has 0 unspecified atom stereocenters. The SMILES string of the molecule is NCC(=O)c1cc2c(F)cc(F)cc2o1. The van der Waals surface area contributed by atoms with Crippen LogP contribution in [0.1, 0.15) is 10.6 Å². The van der Waals surface area contributed by atoms with Crippen LogP contribution in [0.4, 0.5) is 8.78 Å². The van der Waals surface area contributed by atoms with Gasteiger partial charge in [-0.1, -0.05) is 0 Å². The second-order valence-corrected chi connectivity index (χ2v) is 3.04. The van der Waals surface area contributed by atoms with E-state index in [1.807, 2.05) is 0 Å². The molecular weight excluding hydrogens is 204 g/mol. The molecule has 78 valence electrons. The third-order valence-electron chi connectivity index (χ3n) is 2.01. The molecule has 2 aromatic rings. The standard InChI is InChI=1S/C10H7F2NO2/c11-5-1-7(12)6-3-10(8(14)4-13)15-9(6)2-5/h1-3H,4,13H2. The van der Waals surface area contributed by atoms with E-state index >= 15 is 0 Å². The van der Waals surface area contributed by atoms with Crippen molar-refractivity contribution < 1.29 is 18.0 Å². The maximum atomic E-state index is 13.2. The molecule has 0 aliphatic carbocycles. The number of Topliss-reactive ketones (excluding diaryl/α,β-unsaturated/α-hetero) is 1. The van der Waals surface area contributed by atoms with E-state index in [1.54, 1.807) is 0 Å². The average molecular weight is 211 g/mol. The number of benzene rings is 1. The van der Waals surface area contributed by atoms with Crippen molar-refractivity contribution in [2.24, 2.45) is 5.73 Å². The van der Waals surface area contributed by atoms with E-state index in [0.717, 1.165) is 12.1 Å². The molecule has 2 N–H and O–H groups in total. The molecular formula is C10H7F2NO2. The van der Waals surface area contributed by atoms with Crippen molar-refractivity contribution in [3.8, 4) is 0 Å². The molecule has 0 atom stereocenters. The maximum Gasteiger partial charge on any atom is 0.211 e. The zero-order valence-corrected chi connectivity index (χ0v) is 7.59. The van der Waals surface area contributed by atoms with E-state index in [4.69, 9.17) is 10.2 Å². The summed E-state index contributed by atoms with van der Waals surface area (Å²) in [7, 11) is 0. The normalized spacial score (nSPS) is 10.9. The number of hydrogen-bond acceptors (Lipinski definition) is 3. The van der Waals surface area contributed by atoms with Gasteiger partial charge in [0.05, 0.1) is 11.9 Å². The number of rotatable bonds is 2. The molecule has 0 saturated heterocycles. The Bertz CT molecular complexity index is 533. The van der Waals surface area contributed by atoms with Crippen molar-refractivity contribution >= 4 is 16.8 Å². The molecule has 0 bridgehead atoms. The lowest BCUT2D eigenvalue weighted by Gasteiger charge is -1.90. The van der Waals surface area contributed by atoms with Crippen LogP contribution in [-0.2, 0) is 0 Å². The van der Waals surface area contributed by atoms with Gasteiger partial charge in [0.1, 0.15) is 17.2 Å². The van der Waals surface area contributed by atoms with E-state index in [2.05, 4.69) is 0 Å². The number of furan rings is 1. The molecule has 5 heteroatoms. The van der Waals surface area contributed by atoms with Gasteiger partial charge >= 0.3 is 0 Å². The van der Waals surface area contributed by atoms with Crippen molar-refractivity contribution in [2.45, 2.75) is 0 Å². The predicted molar refractivity (Wildman–Crippen MR) is 49.5 cm³/mol. The van der Waals surface area contributed by atoms with Gasteiger partial charge in [0.2, 0.25) is 5.78 Å². The summed E-state index contributed by atoms with van der Waals surface area (Å²) in [6.07, 6.45) is 0. The quantitative estimate of drug-likeness (QED) is 0.771. The van der Waals surface area contributed by atoms with E-state index in [1.165, 1.54) is 6.07 Å². The first kappa shape index (κ1) is 9.79. The Hall–Kier alpha value is -1.75. The van der Waals surface area contributed by atoms with Crippen LogP contribution in [0.25, 0.3) is 11.0 Å². The van der Waals surface area contributed by atoms with Crippen LogP contribution in [0.2, 0.25) is 0 Å². The minimum atomic E-state index is -0.759. The highest BCUT2D eigenvalue weighted by atomic mass is 19.1. The van der Waals surface area contributed by atoms with Gasteiger partial charge in [-0.3, -0.25) is 4.79 Å². The molecule has 0 aliphatic rings. The monoisotopic (exact) mass is 211 g/mol. The first-order chi connectivity index (χ1) is 7.11. The Morgan fingerprint density at radius 3 is 2.73 bits per heavy atom. The Balaban J connectivity index is 2.65. The number of fused-ring (bicyclic) bond motifs is 1. The summed E-state index contributed by atoms with van der Waals surface area (Å²) in [5, 5.41) is 0.0770. The highest BCUT2D eigenvalue weighted by Crippen LogP contribution is 2.23. The van der Waals surface area contributed by atoms with Crippen LogP contribution >= 0.6 is 0 Å². The largest absolute Gasteiger partial charge is 0.453 e. The van der Waals surface area contributed by atoms with Gasteiger partial charge in [-0.05, 0) is 6.07 Å². The van der Waals surface area contributed by atoms with Gasteiger partial charge < -0.3 is 10.2 Å². The number of halogens is 2. The summed E-state index contributed by atoms with van der Waals surface area (Å²) in [6, 6.07) is 2.97. The van der Waals surface area contributed by atoms with Crippen LogP contribution in [0.15, 0.2) is 22.6 Å². The molecule has 1 aromatic heterocycles. The Kier molecular flexibility index (Phi) is 2.24. The number of carbonyl (C=O) groups excluding carboxylic acids is 1. The summed E-state index contributed by atoms with van der Waals surface area (Å²) in [6.45, 7) is -0.232. The summed E-state index contributed by atoms with van der Waals surface area (Å²) in [5.74, 6) is -2.02. The van der Waals surface area contributed by atoms with Crippen LogP contribution < -0.4 is 5.73 Å². The Morgan fingerprint density at radius 1 is 1.33 bits per heavy atom. The van der Waals surface area contributed by atoms with E-state index in [9.17, 15) is 13.6 Å². The van der Waals surface area contributed by atoms with E-state index < -0.39 is 17.4 Å². The Labute approximate surface area is 83.5 Å². The molecule has 0 radical (unpaired) electrons. The highest BCUT2D eigenvalue weighted by Gasteiger charge is 2.14. The lowest BCUT2D eigenvalue weighted by molar-refractivity contribution is 0.0977. The molecule has 15 heavy (non-hydrogen) atoms. The lowest BCUT2D eigenvalue weighted by Crippen LogP contribution is -2.12. The molecule has 0 fully saturated rings. The summed E-state index contributed by atoms with van der Waals surface area (Å²) in [5.41, 5.74) is 5.12. The van der Waals surface area contributed by atoms with Crippen molar-refractivity contribution in [1.29, 1.82) is 0 Å². The first-order valence-corrected chi connectivity index (χ1v) is 4.23. The van der Waals surface area contributed by atoms with Gasteiger partial charge in [0, 0.05) is 12.1 Å². The number of nitrogens with two attached hydrogens (primary N) is 1. The molecule has 0 saturated carbocycles. The Morgan fingerprint density at radius 2 is 2.07 bits per heavy atom. The maximum absolute atomic E-state index is 13.2. The molecule has 2 rings (SSSR count). The summed E-state index contributed by atoms with van der Waals surface area (Å²) >= 11 is 0. The fraction of sp³-hybridized carbons (Fsp3) is 0.100. The van der Waals surface area contributed by atoms with Crippen molar-refractivity contribution in [2.75, 3.05) is 6.54 Å². The van der Waals surface area contributed by atoms with Crippen LogP contribution in [0.3, 0.4) is 0 Å². The third-order valence-corrected chi connectivity index (χ3v) is 2.01. The van der Waals surface area contributed by atoms with Crippen molar-refractivity contribution in [3.05, 3.63) is 35.6 Å². The summed E-state index contributed by atoms with van der Waals surface area (Å²) in [4.78, 5) is 11.1. The fourth-order valence-corrected chi connectivity index (χ4v) is 1.30. The molecule has 1 aromatic carbocycles. The summed E-state index contributed by atoms with van der Waals surface area (Å²) < 4.78 is 30.9. The zero-order valence-electron chi connectivity index (χ0n) is 7.59. The first-order valence-electron chi connectivity index (χ1n) is 4.23. The topological polar surface area (TPSA) is 56.2 Å². The number of ketones is 1. The van der Waals surface area contributed by atoms with Crippen molar-refractivity contribution in [1.82, 2.24) is 0 Å². The molecule has 1 heterocycles. The van der Waals surface area contributed by atoms with Crippen LogP contribution in [0.5, 0.6) is 0 Å². The van der Waals surface area contributed by atoms with Gasteiger partial charge in [-0.25, -0.2) is 8.78 Å². The molecule has 0 aliphatic heterocycles. The van der Waals surface area contributed by atoms with E-state index in [-0.39, 0.29) is 23.3 Å². The van der Waals surface area contributed by atoms with Gasteiger partial charge in [0.15, 0.2) is 5.76 Å². The minimum absolute atomic E-state index is 0.00398. The lowest BCUT2D eigenvalue weighted by atomic mass is 10.2. The fourth-order valence-electron chi connectivity index (χ4n) is 1.30. The molecule has 3 nitrogen and oxygen atoms in total. The molecule has 0 amide bonds. The van der Waals surface area contributed by atoms with Crippen LogP contribution in [-0.4, -0.2) is 12.3 Å². The third kappa shape index (κ3) is 1.61. The highest BCUT2D eigenvalue weighted by molar-refractivity contribution is 5.98. The second-order valence-electron chi connectivity index (χ2n) is 3.04. The van der Waals surface area contributed by atoms with Gasteiger partial charge in [0.25, 0.3) is 0 Å². The van der Waals surface area contributed by atoms with E-state index in [0.29, 0.717) is 0 Å². The van der Waals surface area contributed by atoms with Gasteiger partial charge in [-0.2, -0.15) is 0 Å². The molecule has 0 spiro atoms. The smallest absolute Gasteiger partial charge is 0.211 e. The average Bonchev–Trinajstić information content (AvgIpc) is 2.60. The van der Waals surface area contributed by atoms with Crippen LogP contribution in [0, 0.1) is 11.6 Å². The number of carbonyl (C=O) groups is 1. The van der Waals surface area contributed by atoms with Crippen molar-refractivity contribution in [3.63, 3.8) is 0 Å². The van der Waals surface area contributed by atoms with Gasteiger partial charge in [-0.15, -0.1) is 0 Å². The predicted octanol–water partition coefficient (Wildman–Crippen LogP) is 1.85. The minimum Gasteiger partial charge on any atom is -0.453 e.